The van der Waals surface area contributed by atoms with Crippen molar-refractivity contribution in [3.05, 3.63) is 65.4 Å². The van der Waals surface area contributed by atoms with Gasteiger partial charge in [0.05, 0.1) is 5.69 Å². The molecule has 2 aliphatic rings. The van der Waals surface area contributed by atoms with Gasteiger partial charge >= 0.3 is 0 Å². The van der Waals surface area contributed by atoms with Crippen LogP contribution in [0, 0.1) is 0 Å². The van der Waals surface area contributed by atoms with Gasteiger partial charge in [0.2, 0.25) is 0 Å². The van der Waals surface area contributed by atoms with E-state index in [0.29, 0.717) is 5.92 Å². The summed E-state index contributed by atoms with van der Waals surface area (Å²) in [5.74, 6) is 2.50. The molecule has 0 amide bonds. The number of hydrogen-bond donors (Lipinski definition) is 0. The highest BCUT2D eigenvalue weighted by atomic mass is 16.5. The van der Waals surface area contributed by atoms with E-state index in [4.69, 9.17) is 9.51 Å². The molecule has 0 unspecified atom stereocenters. The van der Waals surface area contributed by atoms with Crippen LogP contribution in [0.5, 0.6) is 0 Å². The third-order valence-electron chi connectivity index (χ3n) is 4.98. The Kier molecular flexibility index (Phi) is 3.59. The largest absolute Gasteiger partial charge is 0.356 e. The first-order chi connectivity index (χ1) is 12.3. The molecule has 3 heterocycles. The van der Waals surface area contributed by atoms with Crippen LogP contribution in [0.15, 0.2) is 47.1 Å². The second-order valence-corrected chi connectivity index (χ2v) is 6.98. The number of fused-ring (bicyclic) bond motifs is 1. The Labute approximate surface area is 146 Å². The highest BCUT2D eigenvalue weighted by molar-refractivity contribution is 5.56. The molecule has 1 fully saturated rings. The summed E-state index contributed by atoms with van der Waals surface area (Å²) in [6, 6.07) is 12.1. The lowest BCUT2D eigenvalue weighted by molar-refractivity contribution is 0.235. The van der Waals surface area contributed by atoms with Gasteiger partial charge in [-0.05, 0) is 12.8 Å². The molecule has 126 valence electrons. The van der Waals surface area contributed by atoms with E-state index in [-0.39, 0.29) is 0 Å². The molecule has 0 spiro atoms. The molecule has 25 heavy (non-hydrogen) atoms. The van der Waals surface area contributed by atoms with Crippen LogP contribution in [-0.2, 0) is 19.5 Å². The average Bonchev–Trinajstić information content (AvgIpc) is 3.41. The van der Waals surface area contributed by atoms with Gasteiger partial charge in [-0.3, -0.25) is 4.90 Å². The maximum atomic E-state index is 5.51. The molecule has 3 aromatic rings. The first-order valence-corrected chi connectivity index (χ1v) is 8.93. The van der Waals surface area contributed by atoms with Crippen molar-refractivity contribution in [2.75, 3.05) is 6.54 Å². The Morgan fingerprint density at radius 2 is 2.04 bits per heavy atom. The van der Waals surface area contributed by atoms with Crippen molar-refractivity contribution in [3.8, 4) is 11.3 Å². The van der Waals surface area contributed by atoms with Crippen molar-refractivity contribution < 1.29 is 4.52 Å². The normalized spacial score (nSPS) is 17.4. The number of aromatic nitrogens is 3. The lowest BCUT2D eigenvalue weighted by atomic mass is 10.1. The fourth-order valence-electron chi connectivity index (χ4n) is 3.42. The number of rotatable bonds is 4. The smallest absolute Gasteiger partial charge is 0.167 e. The second kappa shape index (κ2) is 6.08. The van der Waals surface area contributed by atoms with E-state index < -0.39 is 0 Å². The summed E-state index contributed by atoms with van der Waals surface area (Å²) in [5, 5.41) is 4.24. The van der Waals surface area contributed by atoms with E-state index in [9.17, 15) is 0 Å². The minimum atomic E-state index is 0.620. The Morgan fingerprint density at radius 3 is 2.88 bits per heavy atom. The molecule has 0 N–H and O–H groups in total. The van der Waals surface area contributed by atoms with Gasteiger partial charge < -0.3 is 4.52 Å². The number of benzene rings is 1. The van der Waals surface area contributed by atoms with Gasteiger partial charge in [0.15, 0.2) is 5.76 Å². The van der Waals surface area contributed by atoms with Crippen molar-refractivity contribution in [1.29, 1.82) is 0 Å². The third kappa shape index (κ3) is 3.07. The van der Waals surface area contributed by atoms with E-state index in [1.54, 1.807) is 0 Å². The molecule has 0 bridgehead atoms. The second-order valence-electron chi connectivity index (χ2n) is 6.98. The summed E-state index contributed by atoms with van der Waals surface area (Å²) < 4.78 is 5.51. The Bertz CT molecular complexity index is 886. The monoisotopic (exact) mass is 332 g/mol. The molecule has 2 aromatic heterocycles. The zero-order valence-electron chi connectivity index (χ0n) is 14.1. The van der Waals surface area contributed by atoms with Crippen LogP contribution in [0.1, 0.15) is 41.5 Å². The van der Waals surface area contributed by atoms with Gasteiger partial charge in [-0.2, -0.15) is 0 Å². The molecule has 0 saturated heterocycles. The molecule has 1 aliphatic carbocycles. The fourth-order valence-corrected chi connectivity index (χ4v) is 3.42. The molecule has 1 aromatic carbocycles. The Morgan fingerprint density at radius 1 is 1.16 bits per heavy atom. The summed E-state index contributed by atoms with van der Waals surface area (Å²) >= 11 is 0. The summed E-state index contributed by atoms with van der Waals surface area (Å²) in [7, 11) is 0. The van der Waals surface area contributed by atoms with Crippen molar-refractivity contribution in [3.63, 3.8) is 0 Å². The van der Waals surface area contributed by atoms with E-state index in [1.807, 2.05) is 42.6 Å². The van der Waals surface area contributed by atoms with Crippen LogP contribution in [0.4, 0.5) is 0 Å². The Hall–Kier alpha value is -2.53. The predicted molar refractivity (Wildman–Crippen MR) is 93.8 cm³/mol. The van der Waals surface area contributed by atoms with Gasteiger partial charge in [-0.1, -0.05) is 35.5 Å². The molecule has 1 saturated carbocycles. The first-order valence-electron chi connectivity index (χ1n) is 8.93. The van der Waals surface area contributed by atoms with E-state index >= 15 is 0 Å². The summed E-state index contributed by atoms with van der Waals surface area (Å²) in [4.78, 5) is 11.7. The van der Waals surface area contributed by atoms with Crippen LogP contribution in [-0.4, -0.2) is 26.6 Å². The predicted octanol–water partition coefficient (Wildman–Crippen LogP) is 3.57. The van der Waals surface area contributed by atoms with Crippen LogP contribution in [0.2, 0.25) is 0 Å². The molecule has 1 aliphatic heterocycles. The van der Waals surface area contributed by atoms with Crippen molar-refractivity contribution >= 4 is 0 Å². The average molecular weight is 332 g/mol. The number of hydrogen-bond acceptors (Lipinski definition) is 5. The van der Waals surface area contributed by atoms with Crippen LogP contribution >= 0.6 is 0 Å². The highest BCUT2D eigenvalue weighted by Gasteiger charge is 2.28. The molecular formula is C20H20N4O. The minimum Gasteiger partial charge on any atom is -0.356 e. The zero-order valence-corrected chi connectivity index (χ0v) is 14.1. The molecule has 0 radical (unpaired) electrons. The standard InChI is InChI=1S/C20H20N4O/c1-2-4-14(5-3-1)19-10-17(23-25-19)13-24-9-8-18-16(12-24)11-21-20(22-18)15-6-7-15/h1-5,10-11,15H,6-9,12-13H2. The molecular weight excluding hydrogens is 312 g/mol. The Balaban J connectivity index is 1.29. The van der Waals surface area contributed by atoms with Crippen LogP contribution < -0.4 is 0 Å². The molecule has 5 nitrogen and oxygen atoms in total. The van der Waals surface area contributed by atoms with E-state index in [1.165, 1.54) is 24.1 Å². The lowest BCUT2D eigenvalue weighted by Crippen LogP contribution is -2.31. The SMILES string of the molecule is c1ccc(-c2cc(CN3CCc4nc(C5CC5)ncc4C3)no2)cc1. The van der Waals surface area contributed by atoms with E-state index in [2.05, 4.69) is 15.0 Å². The summed E-state index contributed by atoms with van der Waals surface area (Å²) in [6.45, 7) is 2.68. The molecule has 5 rings (SSSR count). The maximum Gasteiger partial charge on any atom is 0.167 e. The van der Waals surface area contributed by atoms with Crippen molar-refractivity contribution in [1.82, 2.24) is 20.0 Å². The topological polar surface area (TPSA) is 55.1 Å². The number of nitrogens with zero attached hydrogens (tertiary/aromatic N) is 4. The minimum absolute atomic E-state index is 0.620. The van der Waals surface area contributed by atoms with Gasteiger partial charge in [0.1, 0.15) is 5.82 Å². The maximum absolute atomic E-state index is 5.51. The van der Waals surface area contributed by atoms with Crippen LogP contribution in [0.25, 0.3) is 11.3 Å². The quantitative estimate of drug-likeness (QED) is 0.731. The third-order valence-corrected chi connectivity index (χ3v) is 4.98. The van der Waals surface area contributed by atoms with Gasteiger partial charge in [0.25, 0.3) is 0 Å². The van der Waals surface area contributed by atoms with Crippen molar-refractivity contribution in [2.45, 2.75) is 38.3 Å². The van der Waals surface area contributed by atoms with Gasteiger partial charge in [0, 0.05) is 61.1 Å². The zero-order chi connectivity index (χ0) is 16.6. The van der Waals surface area contributed by atoms with Gasteiger partial charge in [-0.15, -0.1) is 0 Å². The highest BCUT2D eigenvalue weighted by Crippen LogP contribution is 2.38. The lowest BCUT2D eigenvalue weighted by Gasteiger charge is -2.27. The summed E-state index contributed by atoms with van der Waals surface area (Å²) in [6.07, 6.45) is 5.52. The first kappa shape index (κ1) is 14.8. The van der Waals surface area contributed by atoms with Crippen LogP contribution in [0.3, 0.4) is 0 Å². The fraction of sp³-hybridized carbons (Fsp3) is 0.350. The summed E-state index contributed by atoms with van der Waals surface area (Å²) in [5.41, 5.74) is 4.52. The molecule has 5 heteroatoms. The van der Waals surface area contributed by atoms with Crippen molar-refractivity contribution in [2.24, 2.45) is 0 Å². The molecule has 0 atom stereocenters. The van der Waals surface area contributed by atoms with Gasteiger partial charge in [-0.25, -0.2) is 9.97 Å². The van der Waals surface area contributed by atoms with E-state index in [0.717, 1.165) is 48.9 Å².